The van der Waals surface area contributed by atoms with Gasteiger partial charge in [0.05, 0.1) is 0 Å². The Bertz CT molecular complexity index is 209. The summed E-state index contributed by atoms with van der Waals surface area (Å²) in [6.07, 6.45) is 3.65. The van der Waals surface area contributed by atoms with Crippen LogP contribution in [0.2, 0.25) is 0 Å². The van der Waals surface area contributed by atoms with Gasteiger partial charge in [-0.2, -0.15) is 0 Å². The highest BCUT2D eigenvalue weighted by Gasteiger charge is 2.17. The van der Waals surface area contributed by atoms with Crippen molar-refractivity contribution < 1.29 is 14.3 Å². The van der Waals surface area contributed by atoms with Gasteiger partial charge in [0.1, 0.15) is 0 Å². The van der Waals surface area contributed by atoms with Crippen LogP contribution in [0.4, 0.5) is 0 Å². The van der Waals surface area contributed by atoms with Crippen molar-refractivity contribution in [2.75, 3.05) is 19.7 Å². The standard InChI is InChI=1S/C10H17NO3/c1-2-10(13)14-8-9(12)11-6-4-3-5-7-11/h2-8H2,1H3. The highest BCUT2D eigenvalue weighted by molar-refractivity contribution is 5.80. The molecule has 0 aromatic rings. The molecular weight excluding hydrogens is 182 g/mol. The molecule has 4 nitrogen and oxygen atoms in total. The van der Waals surface area contributed by atoms with E-state index < -0.39 is 0 Å². The van der Waals surface area contributed by atoms with Crippen molar-refractivity contribution >= 4 is 11.9 Å². The molecule has 0 atom stereocenters. The van der Waals surface area contributed by atoms with Crippen molar-refractivity contribution in [1.29, 1.82) is 0 Å². The van der Waals surface area contributed by atoms with Crippen molar-refractivity contribution in [3.8, 4) is 0 Å². The summed E-state index contributed by atoms with van der Waals surface area (Å²) in [5.41, 5.74) is 0. The molecule has 0 N–H and O–H groups in total. The minimum atomic E-state index is -0.310. The molecule has 4 heteroatoms. The van der Waals surface area contributed by atoms with E-state index in [1.54, 1.807) is 11.8 Å². The number of carbonyl (C=O) groups is 2. The Kier molecular flexibility index (Phi) is 4.43. The van der Waals surface area contributed by atoms with Crippen LogP contribution in [0.15, 0.2) is 0 Å². The first-order chi connectivity index (χ1) is 6.74. The van der Waals surface area contributed by atoms with E-state index in [2.05, 4.69) is 0 Å². The molecule has 1 aliphatic rings. The van der Waals surface area contributed by atoms with Crippen LogP contribution >= 0.6 is 0 Å². The summed E-state index contributed by atoms with van der Waals surface area (Å²) in [5, 5.41) is 0. The molecule has 80 valence electrons. The molecule has 0 aromatic heterocycles. The second-order valence-corrected chi connectivity index (χ2v) is 3.46. The molecular formula is C10H17NO3. The molecule has 0 unspecified atom stereocenters. The maximum atomic E-state index is 11.5. The Morgan fingerprint density at radius 1 is 1.21 bits per heavy atom. The Hall–Kier alpha value is -1.06. The summed E-state index contributed by atoms with van der Waals surface area (Å²) in [4.78, 5) is 24.0. The highest BCUT2D eigenvalue weighted by atomic mass is 16.5. The smallest absolute Gasteiger partial charge is 0.306 e. The normalized spacial score (nSPS) is 16.5. The van der Waals surface area contributed by atoms with Gasteiger partial charge in [-0.3, -0.25) is 9.59 Å². The zero-order valence-corrected chi connectivity index (χ0v) is 8.62. The first-order valence-electron chi connectivity index (χ1n) is 5.17. The average Bonchev–Trinajstić information content (AvgIpc) is 2.26. The monoisotopic (exact) mass is 199 g/mol. The molecule has 0 saturated carbocycles. The number of likely N-dealkylation sites (tertiary alicyclic amines) is 1. The molecule has 0 spiro atoms. The summed E-state index contributed by atoms with van der Waals surface area (Å²) < 4.78 is 4.78. The van der Waals surface area contributed by atoms with Crippen LogP contribution in [0.1, 0.15) is 32.6 Å². The Balaban J connectivity index is 2.23. The predicted octanol–water partition coefficient (Wildman–Crippen LogP) is 0.952. The van der Waals surface area contributed by atoms with Crippen molar-refractivity contribution in [2.45, 2.75) is 32.6 Å². The van der Waals surface area contributed by atoms with Crippen LogP contribution in [0.3, 0.4) is 0 Å². The van der Waals surface area contributed by atoms with Gasteiger partial charge in [0.25, 0.3) is 5.91 Å². The van der Waals surface area contributed by atoms with Gasteiger partial charge in [0.2, 0.25) is 0 Å². The third-order valence-corrected chi connectivity index (χ3v) is 2.35. The topological polar surface area (TPSA) is 46.6 Å². The summed E-state index contributed by atoms with van der Waals surface area (Å²) >= 11 is 0. The minimum Gasteiger partial charge on any atom is -0.456 e. The van der Waals surface area contributed by atoms with Crippen molar-refractivity contribution in [2.24, 2.45) is 0 Å². The Morgan fingerprint density at radius 3 is 2.43 bits per heavy atom. The lowest BCUT2D eigenvalue weighted by Crippen LogP contribution is -2.38. The van der Waals surface area contributed by atoms with E-state index in [9.17, 15) is 9.59 Å². The van der Waals surface area contributed by atoms with Crippen LogP contribution < -0.4 is 0 Å². The molecule has 0 aromatic carbocycles. The van der Waals surface area contributed by atoms with E-state index >= 15 is 0 Å². The second kappa shape index (κ2) is 5.62. The number of nitrogens with zero attached hydrogens (tertiary/aromatic N) is 1. The van der Waals surface area contributed by atoms with Gasteiger partial charge in [-0.25, -0.2) is 0 Å². The minimum absolute atomic E-state index is 0.0634. The van der Waals surface area contributed by atoms with E-state index in [0.29, 0.717) is 6.42 Å². The third kappa shape index (κ3) is 3.36. The molecule has 1 fully saturated rings. The number of ether oxygens (including phenoxy) is 1. The molecule has 0 aliphatic carbocycles. The largest absolute Gasteiger partial charge is 0.456 e. The molecule has 0 radical (unpaired) electrons. The van der Waals surface area contributed by atoms with Gasteiger partial charge in [-0.1, -0.05) is 6.92 Å². The Labute approximate surface area is 84.2 Å². The summed E-state index contributed by atoms with van der Waals surface area (Å²) in [6, 6.07) is 0. The fourth-order valence-electron chi connectivity index (χ4n) is 1.48. The average molecular weight is 199 g/mol. The molecule has 1 rings (SSSR count). The molecule has 1 amide bonds. The number of esters is 1. The lowest BCUT2D eigenvalue weighted by molar-refractivity contribution is -0.152. The van der Waals surface area contributed by atoms with Crippen LogP contribution in [0, 0.1) is 0 Å². The van der Waals surface area contributed by atoms with Crippen molar-refractivity contribution in [3.05, 3.63) is 0 Å². The quantitative estimate of drug-likeness (QED) is 0.636. The zero-order valence-electron chi connectivity index (χ0n) is 8.62. The van der Waals surface area contributed by atoms with E-state index in [-0.39, 0.29) is 18.5 Å². The second-order valence-electron chi connectivity index (χ2n) is 3.46. The predicted molar refractivity (Wildman–Crippen MR) is 51.7 cm³/mol. The van der Waals surface area contributed by atoms with Crippen LogP contribution in [-0.2, 0) is 14.3 Å². The first-order valence-corrected chi connectivity index (χ1v) is 5.17. The lowest BCUT2D eigenvalue weighted by Gasteiger charge is -2.26. The van der Waals surface area contributed by atoms with Crippen LogP contribution in [-0.4, -0.2) is 36.5 Å². The van der Waals surface area contributed by atoms with Gasteiger partial charge in [0, 0.05) is 19.5 Å². The van der Waals surface area contributed by atoms with Crippen LogP contribution in [0.5, 0.6) is 0 Å². The van der Waals surface area contributed by atoms with E-state index in [4.69, 9.17) is 4.74 Å². The molecule has 1 heterocycles. The first kappa shape index (κ1) is 11.0. The van der Waals surface area contributed by atoms with Crippen molar-refractivity contribution in [1.82, 2.24) is 4.90 Å². The van der Waals surface area contributed by atoms with Crippen LogP contribution in [0.25, 0.3) is 0 Å². The van der Waals surface area contributed by atoms with Crippen molar-refractivity contribution in [3.63, 3.8) is 0 Å². The number of hydrogen-bond donors (Lipinski definition) is 0. The van der Waals surface area contributed by atoms with E-state index in [1.807, 2.05) is 0 Å². The summed E-state index contributed by atoms with van der Waals surface area (Å²) in [5.74, 6) is -0.373. The highest BCUT2D eigenvalue weighted by Crippen LogP contribution is 2.08. The molecule has 1 aliphatic heterocycles. The van der Waals surface area contributed by atoms with Gasteiger partial charge in [-0.15, -0.1) is 0 Å². The van der Waals surface area contributed by atoms with E-state index in [1.165, 1.54) is 6.42 Å². The summed E-state index contributed by atoms with van der Waals surface area (Å²) in [7, 11) is 0. The van der Waals surface area contributed by atoms with Gasteiger partial charge in [0.15, 0.2) is 6.61 Å². The van der Waals surface area contributed by atoms with E-state index in [0.717, 1.165) is 25.9 Å². The maximum absolute atomic E-state index is 11.5. The fourth-order valence-corrected chi connectivity index (χ4v) is 1.48. The van der Waals surface area contributed by atoms with Gasteiger partial charge < -0.3 is 9.64 Å². The summed E-state index contributed by atoms with van der Waals surface area (Å²) in [6.45, 7) is 3.24. The molecule has 0 bridgehead atoms. The maximum Gasteiger partial charge on any atom is 0.306 e. The third-order valence-electron chi connectivity index (χ3n) is 2.35. The lowest BCUT2D eigenvalue weighted by atomic mass is 10.1. The fraction of sp³-hybridized carbons (Fsp3) is 0.800. The number of amides is 1. The molecule has 14 heavy (non-hydrogen) atoms. The number of piperidine rings is 1. The van der Waals surface area contributed by atoms with Gasteiger partial charge in [-0.05, 0) is 19.3 Å². The number of carbonyl (C=O) groups excluding carboxylic acids is 2. The molecule has 1 saturated heterocycles. The Morgan fingerprint density at radius 2 is 1.86 bits per heavy atom. The SMILES string of the molecule is CCC(=O)OCC(=O)N1CCCCC1. The number of rotatable bonds is 3. The zero-order chi connectivity index (χ0) is 10.4. The van der Waals surface area contributed by atoms with Gasteiger partial charge >= 0.3 is 5.97 Å². The number of hydrogen-bond acceptors (Lipinski definition) is 3.